The van der Waals surface area contributed by atoms with E-state index in [1.165, 1.54) is 12.1 Å². The van der Waals surface area contributed by atoms with Crippen molar-refractivity contribution in [1.82, 2.24) is 15.2 Å². The van der Waals surface area contributed by atoms with Crippen molar-refractivity contribution in [3.05, 3.63) is 69.4 Å². The third-order valence-corrected chi connectivity index (χ3v) is 4.35. The van der Waals surface area contributed by atoms with Crippen LogP contribution in [0.2, 0.25) is 0 Å². The first-order valence-electron chi connectivity index (χ1n) is 8.07. The molecule has 1 aromatic carbocycles. The zero-order valence-electron chi connectivity index (χ0n) is 13.9. The summed E-state index contributed by atoms with van der Waals surface area (Å²) in [5.41, 5.74) is 2.18. The average molecular weight is 345 g/mol. The van der Waals surface area contributed by atoms with Gasteiger partial charge in [0, 0.05) is 25.4 Å². The van der Waals surface area contributed by atoms with Gasteiger partial charge in [0.1, 0.15) is 5.82 Å². The number of hydrogen-bond donors (Lipinski definition) is 2. The number of ether oxygens (including phenoxy) is 1. The molecule has 0 aliphatic carbocycles. The summed E-state index contributed by atoms with van der Waals surface area (Å²) in [7, 11) is 1.54. The van der Waals surface area contributed by atoms with Crippen molar-refractivity contribution in [2.45, 2.75) is 19.0 Å². The predicted molar refractivity (Wildman–Crippen MR) is 90.7 cm³/mol. The molecule has 1 aliphatic rings. The number of benzene rings is 1. The number of carbonyl (C=O) groups is 1. The number of carbonyl (C=O) groups excluding carboxylic acids is 1. The number of rotatable bonds is 4. The molecular weight excluding hydrogens is 325 g/mol. The summed E-state index contributed by atoms with van der Waals surface area (Å²) < 4.78 is 18.3. The molecule has 132 valence electrons. The van der Waals surface area contributed by atoms with Crippen molar-refractivity contribution in [3.63, 3.8) is 0 Å². The van der Waals surface area contributed by atoms with Crippen LogP contribution in [0.5, 0.6) is 0 Å². The van der Waals surface area contributed by atoms with Crippen LogP contribution >= 0.6 is 0 Å². The van der Waals surface area contributed by atoms with Crippen molar-refractivity contribution < 1.29 is 13.9 Å². The van der Waals surface area contributed by atoms with Gasteiger partial charge in [-0.3, -0.25) is 4.79 Å². The van der Waals surface area contributed by atoms with Crippen molar-refractivity contribution in [3.8, 4) is 0 Å². The second-order valence-electron chi connectivity index (χ2n) is 5.99. The quantitative estimate of drug-likeness (QED) is 0.890. The number of methoxy groups -OCH3 is 1. The van der Waals surface area contributed by atoms with Gasteiger partial charge in [0.05, 0.1) is 19.2 Å². The minimum Gasteiger partial charge on any atom is -0.382 e. The lowest BCUT2D eigenvalue weighted by atomic mass is 10.0. The Morgan fingerprint density at radius 3 is 2.84 bits per heavy atom. The lowest BCUT2D eigenvalue weighted by Gasteiger charge is -2.30. The first-order chi connectivity index (χ1) is 12.1. The summed E-state index contributed by atoms with van der Waals surface area (Å²) in [6, 6.07) is 7.14. The summed E-state index contributed by atoms with van der Waals surface area (Å²) in [6.07, 6.45) is 2.26. The van der Waals surface area contributed by atoms with E-state index in [1.807, 2.05) is 6.07 Å². The summed E-state index contributed by atoms with van der Waals surface area (Å²) in [6.45, 7) is 1.06. The Balaban J connectivity index is 1.73. The molecule has 2 amide bonds. The fourth-order valence-corrected chi connectivity index (χ4v) is 2.98. The first kappa shape index (κ1) is 17.2. The molecule has 7 heteroatoms. The zero-order chi connectivity index (χ0) is 17.8. The van der Waals surface area contributed by atoms with E-state index < -0.39 is 6.04 Å². The van der Waals surface area contributed by atoms with Gasteiger partial charge in [0.15, 0.2) is 0 Å². The van der Waals surface area contributed by atoms with E-state index in [4.69, 9.17) is 4.74 Å². The van der Waals surface area contributed by atoms with Crippen LogP contribution in [0.25, 0.3) is 0 Å². The second kappa shape index (κ2) is 7.48. The minimum absolute atomic E-state index is 0.165. The Kier molecular flexibility index (Phi) is 5.14. The minimum atomic E-state index is -0.395. The maximum Gasteiger partial charge on any atom is 0.318 e. The molecule has 0 radical (unpaired) electrons. The molecule has 2 aromatic rings. The third-order valence-electron chi connectivity index (χ3n) is 4.35. The number of halogens is 1. The molecule has 2 N–H and O–H groups in total. The molecule has 0 spiro atoms. The van der Waals surface area contributed by atoms with E-state index in [0.29, 0.717) is 18.5 Å². The molecular formula is C18H20FN3O3. The normalized spacial score (nSPS) is 14.7. The molecule has 0 fully saturated rings. The molecule has 6 nitrogen and oxygen atoms in total. The lowest BCUT2D eigenvalue weighted by Crippen LogP contribution is -2.46. The number of amides is 2. The van der Waals surface area contributed by atoms with E-state index in [0.717, 1.165) is 11.1 Å². The van der Waals surface area contributed by atoms with E-state index in [1.54, 1.807) is 30.3 Å². The zero-order valence-corrected chi connectivity index (χ0v) is 13.9. The van der Waals surface area contributed by atoms with Gasteiger partial charge in [-0.25, -0.2) is 9.18 Å². The number of hydrogen-bond acceptors (Lipinski definition) is 3. The molecule has 1 aromatic heterocycles. The number of pyridine rings is 1. The number of urea groups is 1. The number of H-pyrrole nitrogens is 1. The largest absolute Gasteiger partial charge is 0.382 e. The third kappa shape index (κ3) is 3.88. The summed E-state index contributed by atoms with van der Waals surface area (Å²) in [5.74, 6) is -0.335. The van der Waals surface area contributed by atoms with E-state index in [-0.39, 0.29) is 30.6 Å². The fraction of sp³-hybridized carbons (Fsp3) is 0.333. The van der Waals surface area contributed by atoms with Crippen molar-refractivity contribution in [2.24, 2.45) is 0 Å². The highest BCUT2D eigenvalue weighted by atomic mass is 19.1. The molecule has 1 unspecified atom stereocenters. The van der Waals surface area contributed by atoms with Crippen LogP contribution in [-0.2, 0) is 17.7 Å². The number of nitrogens with one attached hydrogen (secondary N) is 2. The first-order valence-corrected chi connectivity index (χ1v) is 8.07. The van der Waals surface area contributed by atoms with Crippen LogP contribution in [0.3, 0.4) is 0 Å². The van der Waals surface area contributed by atoms with Gasteiger partial charge in [-0.05, 0) is 35.7 Å². The SMILES string of the molecule is COCC(NC(=O)N1CCc2cc[nH]c(=O)c2C1)c1ccc(F)cc1. The van der Waals surface area contributed by atoms with Gasteiger partial charge in [0.25, 0.3) is 5.56 Å². The Hall–Kier alpha value is -2.67. The van der Waals surface area contributed by atoms with Gasteiger partial charge in [0.2, 0.25) is 0 Å². The number of aromatic nitrogens is 1. The van der Waals surface area contributed by atoms with Gasteiger partial charge < -0.3 is 19.9 Å². The molecule has 1 aliphatic heterocycles. The summed E-state index contributed by atoms with van der Waals surface area (Å²) in [5, 5.41) is 2.90. The van der Waals surface area contributed by atoms with Crippen molar-refractivity contribution in [1.29, 1.82) is 0 Å². The van der Waals surface area contributed by atoms with Crippen LogP contribution in [0.15, 0.2) is 41.3 Å². The van der Waals surface area contributed by atoms with Gasteiger partial charge in [-0.1, -0.05) is 12.1 Å². The Bertz CT molecular complexity index is 804. The van der Waals surface area contributed by atoms with E-state index in [2.05, 4.69) is 10.3 Å². The average Bonchev–Trinajstić information content (AvgIpc) is 2.62. The summed E-state index contributed by atoms with van der Waals surface area (Å²) in [4.78, 5) is 28.8. The summed E-state index contributed by atoms with van der Waals surface area (Å²) >= 11 is 0. The van der Waals surface area contributed by atoms with Gasteiger partial charge >= 0.3 is 6.03 Å². The monoisotopic (exact) mass is 345 g/mol. The highest BCUT2D eigenvalue weighted by Crippen LogP contribution is 2.18. The maximum absolute atomic E-state index is 13.1. The fourth-order valence-electron chi connectivity index (χ4n) is 2.98. The van der Waals surface area contributed by atoms with Gasteiger partial charge in [-0.2, -0.15) is 0 Å². The van der Waals surface area contributed by atoms with Crippen LogP contribution in [0.1, 0.15) is 22.7 Å². The van der Waals surface area contributed by atoms with Crippen molar-refractivity contribution >= 4 is 6.03 Å². The molecule has 3 rings (SSSR count). The molecule has 0 saturated carbocycles. The topological polar surface area (TPSA) is 74.4 Å². The maximum atomic E-state index is 13.1. The standard InChI is InChI=1S/C18H20FN3O3/c1-25-11-16(13-2-4-14(19)5-3-13)21-18(24)22-9-7-12-6-8-20-17(23)15(12)10-22/h2-6,8,16H,7,9-11H2,1H3,(H,20,23)(H,21,24). The molecule has 0 saturated heterocycles. The Morgan fingerprint density at radius 1 is 1.36 bits per heavy atom. The Morgan fingerprint density at radius 2 is 2.12 bits per heavy atom. The van der Waals surface area contributed by atoms with Crippen molar-refractivity contribution in [2.75, 3.05) is 20.3 Å². The number of nitrogens with zero attached hydrogens (tertiary/aromatic N) is 1. The Labute approximate surface area is 144 Å². The molecule has 0 bridgehead atoms. The molecule has 2 heterocycles. The van der Waals surface area contributed by atoms with E-state index in [9.17, 15) is 14.0 Å². The van der Waals surface area contributed by atoms with Crippen LogP contribution in [0.4, 0.5) is 9.18 Å². The lowest BCUT2D eigenvalue weighted by molar-refractivity contribution is 0.152. The smallest absolute Gasteiger partial charge is 0.318 e. The van der Waals surface area contributed by atoms with Gasteiger partial charge in [-0.15, -0.1) is 0 Å². The number of fused-ring (bicyclic) bond motifs is 1. The van der Waals surface area contributed by atoms with Crippen LogP contribution in [-0.4, -0.2) is 36.2 Å². The highest BCUT2D eigenvalue weighted by molar-refractivity contribution is 5.75. The molecule has 25 heavy (non-hydrogen) atoms. The van der Waals surface area contributed by atoms with E-state index >= 15 is 0 Å². The number of aromatic amines is 1. The molecule has 1 atom stereocenters. The van der Waals surface area contributed by atoms with Crippen LogP contribution < -0.4 is 10.9 Å². The predicted octanol–water partition coefficient (Wildman–Crippen LogP) is 1.97. The van der Waals surface area contributed by atoms with Crippen LogP contribution in [0, 0.1) is 5.82 Å². The highest BCUT2D eigenvalue weighted by Gasteiger charge is 2.24. The second-order valence-corrected chi connectivity index (χ2v) is 5.99.